The maximum Gasteiger partial charge on any atom is 0.416 e. The zero-order valence-corrected chi connectivity index (χ0v) is 10.9. The van der Waals surface area contributed by atoms with Gasteiger partial charge in [0.1, 0.15) is 5.82 Å². The largest absolute Gasteiger partial charge is 0.416 e. The Balaban J connectivity index is 3.02. The van der Waals surface area contributed by atoms with Crippen LogP contribution in [0.25, 0.3) is 0 Å². The van der Waals surface area contributed by atoms with E-state index in [4.69, 9.17) is 23.1 Å². The van der Waals surface area contributed by atoms with E-state index in [9.17, 15) is 17.6 Å². The summed E-state index contributed by atoms with van der Waals surface area (Å²) in [4.78, 5) is 0. The van der Waals surface area contributed by atoms with Crippen molar-refractivity contribution in [3.63, 3.8) is 0 Å². The minimum atomic E-state index is -4.58. The van der Waals surface area contributed by atoms with Crippen molar-refractivity contribution in [3.05, 3.63) is 34.1 Å². The summed E-state index contributed by atoms with van der Waals surface area (Å²) in [6.45, 7) is 0.457. The highest BCUT2D eigenvalue weighted by atomic mass is 35.5. The summed E-state index contributed by atoms with van der Waals surface area (Å²) in [6, 6.07) is 0.452. The first kappa shape index (κ1) is 16.2. The van der Waals surface area contributed by atoms with Gasteiger partial charge in [-0.3, -0.25) is 0 Å². The molecule has 1 rings (SSSR count). The zero-order valence-electron chi connectivity index (χ0n) is 10.1. The summed E-state index contributed by atoms with van der Waals surface area (Å²) < 4.78 is 51.6. The summed E-state index contributed by atoms with van der Waals surface area (Å²) in [6.07, 6.45) is -2.93. The first-order valence-corrected chi connectivity index (χ1v) is 6.17. The van der Waals surface area contributed by atoms with E-state index in [-0.39, 0.29) is 5.56 Å². The fraction of sp³-hybridized carbons (Fsp3) is 0.500. The standard InChI is InChI=1S/C12H15ClF4N2/c13-9-6-7(12(15,16)17)5-8(11(9)14)10(19)3-1-2-4-18/h5-6,10H,1-4,18-19H2/t10-/m1/s1. The lowest BCUT2D eigenvalue weighted by atomic mass is 9.99. The van der Waals surface area contributed by atoms with Crippen molar-refractivity contribution in [1.82, 2.24) is 0 Å². The lowest BCUT2D eigenvalue weighted by Gasteiger charge is -2.16. The number of benzene rings is 1. The van der Waals surface area contributed by atoms with E-state index < -0.39 is 28.6 Å². The Labute approximate surface area is 113 Å². The Bertz CT molecular complexity index is 434. The molecule has 0 fully saturated rings. The molecule has 1 aromatic rings. The van der Waals surface area contributed by atoms with Crippen LogP contribution in [0.2, 0.25) is 5.02 Å². The van der Waals surface area contributed by atoms with E-state index >= 15 is 0 Å². The van der Waals surface area contributed by atoms with Gasteiger partial charge in [-0.05, 0) is 31.5 Å². The number of unbranched alkanes of at least 4 members (excludes halogenated alkanes) is 1. The van der Waals surface area contributed by atoms with Crippen molar-refractivity contribution in [1.29, 1.82) is 0 Å². The summed E-state index contributed by atoms with van der Waals surface area (Å²) in [5, 5.41) is -0.570. The molecular formula is C12H15ClF4N2. The van der Waals surface area contributed by atoms with Gasteiger partial charge in [0.2, 0.25) is 0 Å². The third-order valence-corrected chi connectivity index (χ3v) is 3.03. The van der Waals surface area contributed by atoms with Gasteiger partial charge in [0, 0.05) is 11.6 Å². The molecule has 19 heavy (non-hydrogen) atoms. The molecule has 0 spiro atoms. The van der Waals surface area contributed by atoms with Crippen LogP contribution in [-0.2, 0) is 6.18 Å². The van der Waals surface area contributed by atoms with E-state index in [1.54, 1.807) is 0 Å². The third kappa shape index (κ3) is 4.33. The molecule has 108 valence electrons. The molecule has 0 saturated carbocycles. The Hall–Kier alpha value is -0.850. The first-order valence-electron chi connectivity index (χ1n) is 5.79. The number of halogens is 5. The fourth-order valence-electron chi connectivity index (χ4n) is 1.71. The summed E-state index contributed by atoms with van der Waals surface area (Å²) in [5.41, 5.74) is 9.81. The van der Waals surface area contributed by atoms with Crippen LogP contribution in [0.15, 0.2) is 12.1 Å². The Morgan fingerprint density at radius 2 is 1.84 bits per heavy atom. The highest BCUT2D eigenvalue weighted by Gasteiger charge is 2.32. The molecule has 0 saturated heterocycles. The van der Waals surface area contributed by atoms with Crippen molar-refractivity contribution in [2.45, 2.75) is 31.5 Å². The van der Waals surface area contributed by atoms with Crippen LogP contribution >= 0.6 is 11.6 Å². The fourth-order valence-corrected chi connectivity index (χ4v) is 1.93. The van der Waals surface area contributed by atoms with E-state index in [1.165, 1.54) is 0 Å². The molecule has 0 radical (unpaired) electrons. The summed E-state index contributed by atoms with van der Waals surface area (Å²) in [7, 11) is 0. The monoisotopic (exact) mass is 298 g/mol. The smallest absolute Gasteiger partial charge is 0.330 e. The van der Waals surface area contributed by atoms with Gasteiger partial charge in [-0.25, -0.2) is 4.39 Å². The van der Waals surface area contributed by atoms with Crippen LogP contribution < -0.4 is 11.5 Å². The van der Waals surface area contributed by atoms with E-state index in [0.717, 1.165) is 0 Å². The number of hydrogen-bond acceptors (Lipinski definition) is 2. The molecule has 4 N–H and O–H groups in total. The first-order chi connectivity index (χ1) is 8.77. The topological polar surface area (TPSA) is 52.0 Å². The average Bonchev–Trinajstić information content (AvgIpc) is 2.31. The maximum atomic E-state index is 13.7. The van der Waals surface area contributed by atoms with Crippen molar-refractivity contribution >= 4 is 11.6 Å². The predicted octanol–water partition coefficient (Wildman–Crippen LogP) is 3.63. The Morgan fingerprint density at radius 1 is 1.21 bits per heavy atom. The molecule has 0 aliphatic heterocycles. The summed E-state index contributed by atoms with van der Waals surface area (Å²) >= 11 is 5.48. The van der Waals surface area contributed by atoms with Gasteiger partial charge < -0.3 is 11.5 Å². The molecular weight excluding hydrogens is 284 g/mol. The van der Waals surface area contributed by atoms with Crippen LogP contribution in [0.3, 0.4) is 0 Å². The normalized spacial score (nSPS) is 13.6. The van der Waals surface area contributed by atoms with Crippen molar-refractivity contribution in [2.75, 3.05) is 6.54 Å². The molecule has 0 aliphatic rings. The number of nitrogens with two attached hydrogens (primary N) is 2. The Morgan fingerprint density at radius 3 is 2.37 bits per heavy atom. The molecule has 7 heteroatoms. The molecule has 0 heterocycles. The van der Waals surface area contributed by atoms with Gasteiger partial charge in [-0.1, -0.05) is 18.0 Å². The molecule has 0 unspecified atom stereocenters. The lowest BCUT2D eigenvalue weighted by molar-refractivity contribution is -0.137. The molecule has 0 bridgehead atoms. The van der Waals surface area contributed by atoms with Gasteiger partial charge >= 0.3 is 6.18 Å². The second-order valence-corrected chi connectivity index (χ2v) is 4.66. The predicted molar refractivity (Wildman–Crippen MR) is 66.2 cm³/mol. The van der Waals surface area contributed by atoms with Gasteiger partial charge in [0.25, 0.3) is 0 Å². The summed E-state index contributed by atoms with van der Waals surface area (Å²) in [5.74, 6) is -0.894. The minimum absolute atomic E-state index is 0.211. The maximum absolute atomic E-state index is 13.7. The van der Waals surface area contributed by atoms with E-state index in [2.05, 4.69) is 0 Å². The zero-order chi connectivity index (χ0) is 14.6. The van der Waals surface area contributed by atoms with Gasteiger partial charge in [0.05, 0.1) is 10.6 Å². The third-order valence-electron chi connectivity index (χ3n) is 2.75. The average molecular weight is 299 g/mol. The highest BCUT2D eigenvalue weighted by molar-refractivity contribution is 6.30. The number of rotatable bonds is 5. The van der Waals surface area contributed by atoms with Crippen LogP contribution in [0.4, 0.5) is 17.6 Å². The Kier molecular flexibility index (Phi) is 5.58. The van der Waals surface area contributed by atoms with Crippen molar-refractivity contribution < 1.29 is 17.6 Å². The van der Waals surface area contributed by atoms with E-state index in [1.807, 2.05) is 0 Å². The SMILES string of the molecule is NCCCC[C@@H](N)c1cc(C(F)(F)F)cc(Cl)c1F. The second kappa shape index (κ2) is 6.54. The van der Waals surface area contributed by atoms with Gasteiger partial charge in [-0.2, -0.15) is 13.2 Å². The molecule has 0 amide bonds. The number of hydrogen-bond donors (Lipinski definition) is 2. The number of alkyl halides is 3. The quantitative estimate of drug-likeness (QED) is 0.644. The minimum Gasteiger partial charge on any atom is -0.330 e. The van der Waals surface area contributed by atoms with Crippen LogP contribution in [0.5, 0.6) is 0 Å². The van der Waals surface area contributed by atoms with Crippen LogP contribution in [0, 0.1) is 5.82 Å². The van der Waals surface area contributed by atoms with Crippen LogP contribution in [0.1, 0.15) is 36.4 Å². The molecule has 1 atom stereocenters. The van der Waals surface area contributed by atoms with Crippen molar-refractivity contribution in [2.24, 2.45) is 11.5 Å². The second-order valence-electron chi connectivity index (χ2n) is 4.25. The van der Waals surface area contributed by atoms with Crippen LogP contribution in [-0.4, -0.2) is 6.54 Å². The molecule has 1 aromatic carbocycles. The molecule has 0 aromatic heterocycles. The van der Waals surface area contributed by atoms with Gasteiger partial charge in [-0.15, -0.1) is 0 Å². The highest BCUT2D eigenvalue weighted by Crippen LogP contribution is 2.35. The van der Waals surface area contributed by atoms with E-state index in [0.29, 0.717) is 37.9 Å². The lowest BCUT2D eigenvalue weighted by Crippen LogP contribution is -2.15. The molecule has 0 aliphatic carbocycles. The molecule has 2 nitrogen and oxygen atoms in total. The van der Waals surface area contributed by atoms with Crippen molar-refractivity contribution in [3.8, 4) is 0 Å². The van der Waals surface area contributed by atoms with Gasteiger partial charge in [0.15, 0.2) is 0 Å².